The quantitative estimate of drug-likeness (QED) is 0.464. The van der Waals surface area contributed by atoms with Crippen molar-refractivity contribution in [1.29, 1.82) is 0 Å². The third-order valence-corrected chi connectivity index (χ3v) is 4.37. The normalized spacial score (nSPS) is 11.0. The fourth-order valence-electron chi connectivity index (χ4n) is 2.96. The number of carbonyl (C=O) groups excluding carboxylic acids is 1. The third-order valence-electron chi connectivity index (χ3n) is 4.37. The van der Waals surface area contributed by atoms with E-state index in [1.807, 2.05) is 0 Å². The van der Waals surface area contributed by atoms with Gasteiger partial charge in [-0.1, -0.05) is 0 Å². The van der Waals surface area contributed by atoms with Crippen LogP contribution >= 0.6 is 0 Å². The van der Waals surface area contributed by atoms with Gasteiger partial charge in [0.1, 0.15) is 24.0 Å². The number of halogens is 2. The number of anilines is 2. The maximum Gasteiger partial charge on any atom is 0.241 e. The van der Waals surface area contributed by atoms with Gasteiger partial charge in [-0.05, 0) is 23.8 Å². The molecule has 0 unspecified atom stereocenters. The summed E-state index contributed by atoms with van der Waals surface area (Å²) in [5, 5.41) is 17.4. The molecule has 8 nitrogen and oxygen atoms in total. The minimum atomic E-state index is -0.511. The minimum Gasteiger partial charge on any atom is -0.358 e. The smallest absolute Gasteiger partial charge is 0.241 e. The monoisotopic (exact) mass is 397 g/mol. The lowest BCUT2D eigenvalue weighted by atomic mass is 10.1. The van der Waals surface area contributed by atoms with E-state index < -0.39 is 11.6 Å². The molecule has 0 saturated heterocycles. The molecule has 0 fully saturated rings. The van der Waals surface area contributed by atoms with Crippen LogP contribution in [0, 0.1) is 11.6 Å². The molecular formula is C19H17F2N7O. The zero-order valence-electron chi connectivity index (χ0n) is 15.4. The van der Waals surface area contributed by atoms with Crippen LogP contribution in [0.15, 0.2) is 42.9 Å². The summed E-state index contributed by atoms with van der Waals surface area (Å²) >= 11 is 0. The highest BCUT2D eigenvalue weighted by molar-refractivity contribution is 5.83. The predicted molar refractivity (Wildman–Crippen MR) is 103 cm³/mol. The van der Waals surface area contributed by atoms with Gasteiger partial charge in [0.15, 0.2) is 0 Å². The molecule has 3 N–H and O–H groups in total. The summed E-state index contributed by atoms with van der Waals surface area (Å²) in [6, 6.07) is 5.09. The molecule has 0 aliphatic heterocycles. The fraction of sp³-hybridized carbons (Fsp3) is 0.158. The van der Waals surface area contributed by atoms with E-state index in [-0.39, 0.29) is 24.4 Å². The first-order valence-corrected chi connectivity index (χ1v) is 8.79. The van der Waals surface area contributed by atoms with E-state index in [2.05, 4.69) is 30.9 Å². The first-order valence-electron chi connectivity index (χ1n) is 8.79. The van der Waals surface area contributed by atoms with Crippen molar-refractivity contribution in [3.05, 3.63) is 65.7 Å². The molecule has 1 aromatic carbocycles. The summed E-state index contributed by atoms with van der Waals surface area (Å²) < 4.78 is 29.1. The van der Waals surface area contributed by atoms with Crippen molar-refractivity contribution in [2.75, 3.05) is 12.4 Å². The lowest BCUT2D eigenvalue weighted by Crippen LogP contribution is -2.23. The zero-order valence-corrected chi connectivity index (χ0v) is 15.4. The molecular weight excluding hydrogens is 380 g/mol. The number of hydrogen-bond donors (Lipinski definition) is 3. The third kappa shape index (κ3) is 4.05. The van der Waals surface area contributed by atoms with E-state index in [1.54, 1.807) is 31.7 Å². The Bertz CT molecular complexity index is 1180. The maximum absolute atomic E-state index is 14.1. The van der Waals surface area contributed by atoms with Gasteiger partial charge in [-0.2, -0.15) is 10.2 Å². The van der Waals surface area contributed by atoms with E-state index >= 15 is 0 Å². The van der Waals surface area contributed by atoms with E-state index in [1.165, 1.54) is 4.68 Å². The molecule has 0 atom stereocenters. The number of fused-ring (bicyclic) bond motifs is 1. The topological polar surface area (TPSA) is 101 Å². The number of nitrogens with one attached hydrogen (secondary N) is 3. The number of carbonyl (C=O) groups is 1. The summed E-state index contributed by atoms with van der Waals surface area (Å²) in [6.07, 6.45) is 4.93. The van der Waals surface area contributed by atoms with E-state index in [9.17, 15) is 13.6 Å². The number of H-pyrrole nitrogens is 1. The van der Waals surface area contributed by atoms with Crippen molar-refractivity contribution in [3.8, 4) is 0 Å². The van der Waals surface area contributed by atoms with Crippen LogP contribution in [0.5, 0.6) is 0 Å². The Morgan fingerprint density at radius 1 is 1.24 bits per heavy atom. The van der Waals surface area contributed by atoms with Gasteiger partial charge in [0.25, 0.3) is 0 Å². The van der Waals surface area contributed by atoms with Crippen LogP contribution in [0.2, 0.25) is 0 Å². The molecule has 4 rings (SSSR count). The molecule has 3 aromatic heterocycles. The van der Waals surface area contributed by atoms with Crippen molar-refractivity contribution in [2.24, 2.45) is 0 Å². The molecule has 4 aromatic rings. The summed E-state index contributed by atoms with van der Waals surface area (Å²) in [5.41, 5.74) is 2.08. The minimum absolute atomic E-state index is 0.0925. The Morgan fingerprint density at radius 2 is 2.10 bits per heavy atom. The molecule has 29 heavy (non-hydrogen) atoms. The second-order valence-corrected chi connectivity index (χ2v) is 6.42. The van der Waals surface area contributed by atoms with Gasteiger partial charge in [0.2, 0.25) is 5.91 Å². The van der Waals surface area contributed by atoms with Gasteiger partial charge in [0, 0.05) is 31.1 Å². The standard InChI is InChI=1S/C19H17F2N7O/c1-22-19(29)10-28-9-13(7-24-28)25-18-6-17-14(8-23-27-17)16(26-18)5-11-4-12(20)2-3-15(11)21/h2-4,6-9H,5,10H2,1H3,(H,22,29)(H,23,27)(H,25,26). The van der Waals surface area contributed by atoms with Gasteiger partial charge in [-0.3, -0.25) is 14.6 Å². The number of likely N-dealkylation sites (N-methyl/N-ethyl adjacent to an activating group) is 1. The number of aromatic nitrogens is 5. The average Bonchev–Trinajstić information content (AvgIpc) is 3.34. The molecule has 3 heterocycles. The molecule has 1 amide bonds. The maximum atomic E-state index is 14.1. The Kier molecular flexibility index (Phi) is 4.90. The van der Waals surface area contributed by atoms with Crippen LogP contribution < -0.4 is 10.6 Å². The fourth-order valence-corrected chi connectivity index (χ4v) is 2.96. The molecule has 0 spiro atoms. The highest BCUT2D eigenvalue weighted by atomic mass is 19.1. The van der Waals surface area contributed by atoms with Crippen LogP contribution in [0.3, 0.4) is 0 Å². The lowest BCUT2D eigenvalue weighted by Gasteiger charge is -2.09. The lowest BCUT2D eigenvalue weighted by molar-refractivity contribution is -0.121. The second kappa shape index (κ2) is 7.66. The van der Waals surface area contributed by atoms with Crippen molar-refractivity contribution in [3.63, 3.8) is 0 Å². The van der Waals surface area contributed by atoms with Gasteiger partial charge in [-0.15, -0.1) is 0 Å². The number of amides is 1. The molecule has 0 aliphatic rings. The molecule has 0 saturated carbocycles. The first kappa shape index (κ1) is 18.5. The number of rotatable bonds is 6. The van der Waals surface area contributed by atoms with Gasteiger partial charge in [-0.25, -0.2) is 13.8 Å². The Hall–Kier alpha value is -3.82. The van der Waals surface area contributed by atoms with Crippen LogP contribution in [0.1, 0.15) is 11.3 Å². The number of benzene rings is 1. The molecule has 0 bridgehead atoms. The number of nitrogens with zero attached hydrogens (tertiary/aromatic N) is 4. The van der Waals surface area contributed by atoms with Crippen LogP contribution in [-0.2, 0) is 17.8 Å². The molecule has 0 aliphatic carbocycles. The molecule has 0 radical (unpaired) electrons. The van der Waals surface area contributed by atoms with Gasteiger partial charge >= 0.3 is 0 Å². The van der Waals surface area contributed by atoms with E-state index in [0.29, 0.717) is 22.7 Å². The van der Waals surface area contributed by atoms with Crippen LogP contribution in [-0.4, -0.2) is 37.9 Å². The summed E-state index contributed by atoms with van der Waals surface area (Å²) in [4.78, 5) is 16.0. The van der Waals surface area contributed by atoms with Crippen LogP contribution in [0.4, 0.5) is 20.3 Å². The van der Waals surface area contributed by atoms with Crippen molar-refractivity contribution >= 4 is 28.3 Å². The number of pyridine rings is 1. The average molecular weight is 397 g/mol. The number of aromatic amines is 1. The second-order valence-electron chi connectivity index (χ2n) is 6.42. The highest BCUT2D eigenvalue weighted by Gasteiger charge is 2.13. The highest BCUT2D eigenvalue weighted by Crippen LogP contribution is 2.24. The zero-order chi connectivity index (χ0) is 20.4. The van der Waals surface area contributed by atoms with Gasteiger partial charge in [0.05, 0.1) is 29.3 Å². The Labute approximate surface area is 164 Å². The van der Waals surface area contributed by atoms with Crippen molar-refractivity contribution in [1.82, 2.24) is 30.3 Å². The number of hydrogen-bond acceptors (Lipinski definition) is 5. The Morgan fingerprint density at radius 3 is 2.93 bits per heavy atom. The predicted octanol–water partition coefficient (Wildman–Crippen LogP) is 2.51. The molecule has 10 heteroatoms. The molecule has 148 valence electrons. The van der Waals surface area contributed by atoms with Gasteiger partial charge < -0.3 is 10.6 Å². The van der Waals surface area contributed by atoms with Crippen molar-refractivity contribution in [2.45, 2.75) is 13.0 Å². The Balaban J connectivity index is 1.63. The van der Waals surface area contributed by atoms with E-state index in [0.717, 1.165) is 23.6 Å². The summed E-state index contributed by atoms with van der Waals surface area (Å²) in [6.45, 7) is 0.0925. The first-order chi connectivity index (χ1) is 14.0. The van der Waals surface area contributed by atoms with Crippen molar-refractivity contribution < 1.29 is 13.6 Å². The SMILES string of the molecule is CNC(=O)Cn1cc(Nc2cc3[nH]ncc3c(Cc3cc(F)ccc3F)n2)cn1. The summed E-state index contributed by atoms with van der Waals surface area (Å²) in [7, 11) is 1.55. The van der Waals surface area contributed by atoms with E-state index in [4.69, 9.17) is 0 Å². The summed E-state index contributed by atoms with van der Waals surface area (Å²) in [5.74, 6) is -0.703. The largest absolute Gasteiger partial charge is 0.358 e. The van der Waals surface area contributed by atoms with Crippen LogP contribution in [0.25, 0.3) is 10.9 Å².